The molecule has 0 spiro atoms. The number of imidazole rings is 1. The molecule has 3 nitrogen and oxygen atoms in total. The van der Waals surface area contributed by atoms with E-state index in [1.54, 1.807) is 0 Å². The quantitative estimate of drug-likeness (QED) is 0.663. The van der Waals surface area contributed by atoms with Crippen molar-refractivity contribution in [2.75, 3.05) is 6.54 Å². The molecule has 0 aliphatic carbocycles. The third-order valence-corrected chi connectivity index (χ3v) is 2.06. The first-order valence-electron chi connectivity index (χ1n) is 3.92. The van der Waals surface area contributed by atoms with Gasteiger partial charge in [0, 0.05) is 19.5 Å². The Hall–Kier alpha value is -1.04. The lowest BCUT2D eigenvalue weighted by molar-refractivity contribution is -0.205. The highest BCUT2D eigenvalue weighted by molar-refractivity contribution is 5.16. The number of aromatic nitrogens is 2. The van der Waals surface area contributed by atoms with E-state index in [1.165, 1.54) is 0 Å². The fourth-order valence-corrected chi connectivity index (χ4v) is 1.46. The van der Waals surface area contributed by atoms with Gasteiger partial charge in [-0.3, -0.25) is 0 Å². The van der Waals surface area contributed by atoms with E-state index in [0.717, 1.165) is 6.33 Å². The van der Waals surface area contributed by atoms with Crippen LogP contribution in [-0.2, 0) is 19.3 Å². The van der Waals surface area contributed by atoms with Crippen LogP contribution in [0.15, 0.2) is 6.33 Å². The van der Waals surface area contributed by atoms with Crippen molar-refractivity contribution in [3.05, 3.63) is 17.7 Å². The van der Waals surface area contributed by atoms with Crippen LogP contribution in [-0.4, -0.2) is 16.1 Å². The van der Waals surface area contributed by atoms with Gasteiger partial charge in [-0.2, -0.15) is 0 Å². The van der Waals surface area contributed by atoms with Crippen LogP contribution in [0.3, 0.4) is 0 Å². The SMILES string of the molecule is FC(F)(F)n1cnc2c1CCNC2. The summed E-state index contributed by atoms with van der Waals surface area (Å²) in [4.78, 5) is 3.70. The van der Waals surface area contributed by atoms with Gasteiger partial charge in [-0.05, 0) is 0 Å². The van der Waals surface area contributed by atoms with E-state index >= 15 is 0 Å². The summed E-state index contributed by atoms with van der Waals surface area (Å²) in [5, 5.41) is 2.96. The molecule has 1 aliphatic rings. The van der Waals surface area contributed by atoms with Crippen molar-refractivity contribution in [3.63, 3.8) is 0 Å². The van der Waals surface area contributed by atoms with Crippen LogP contribution in [0.25, 0.3) is 0 Å². The number of nitrogens with zero attached hydrogens (tertiary/aromatic N) is 2. The molecule has 0 saturated heterocycles. The number of hydrogen-bond donors (Lipinski definition) is 1. The van der Waals surface area contributed by atoms with E-state index in [-0.39, 0.29) is 5.69 Å². The maximum Gasteiger partial charge on any atom is 0.489 e. The zero-order chi connectivity index (χ0) is 9.47. The Morgan fingerprint density at radius 1 is 1.46 bits per heavy atom. The zero-order valence-electron chi connectivity index (χ0n) is 6.73. The van der Waals surface area contributed by atoms with Crippen LogP contribution in [0.5, 0.6) is 0 Å². The highest BCUT2D eigenvalue weighted by atomic mass is 19.4. The first-order valence-corrected chi connectivity index (χ1v) is 3.92. The Balaban J connectivity index is 2.43. The van der Waals surface area contributed by atoms with Crippen molar-refractivity contribution in [1.82, 2.24) is 14.9 Å². The molecule has 2 rings (SSSR count). The predicted octanol–water partition coefficient (Wildman–Crippen LogP) is 1.01. The van der Waals surface area contributed by atoms with Crippen LogP contribution in [0.4, 0.5) is 13.2 Å². The predicted molar refractivity (Wildman–Crippen MR) is 38.9 cm³/mol. The molecule has 13 heavy (non-hydrogen) atoms. The molecule has 1 aliphatic heterocycles. The second kappa shape index (κ2) is 2.73. The van der Waals surface area contributed by atoms with Gasteiger partial charge < -0.3 is 5.32 Å². The third kappa shape index (κ3) is 1.41. The van der Waals surface area contributed by atoms with Crippen molar-refractivity contribution in [3.8, 4) is 0 Å². The summed E-state index contributed by atoms with van der Waals surface area (Å²) >= 11 is 0. The molecule has 0 radical (unpaired) electrons. The Kier molecular flexibility index (Phi) is 1.80. The highest BCUT2D eigenvalue weighted by Crippen LogP contribution is 2.26. The Morgan fingerprint density at radius 2 is 2.23 bits per heavy atom. The fraction of sp³-hybridized carbons (Fsp3) is 0.571. The van der Waals surface area contributed by atoms with Crippen LogP contribution < -0.4 is 5.32 Å². The molecule has 0 bridgehead atoms. The summed E-state index contributed by atoms with van der Waals surface area (Å²) in [5.41, 5.74) is 0.787. The molecule has 0 aromatic carbocycles. The zero-order valence-corrected chi connectivity index (χ0v) is 6.73. The number of fused-ring (bicyclic) bond motifs is 1. The molecule has 6 heteroatoms. The summed E-state index contributed by atoms with van der Waals surface area (Å²) in [5.74, 6) is 0. The normalized spacial score (nSPS) is 17.2. The molecule has 0 amide bonds. The van der Waals surface area contributed by atoms with Crippen LogP contribution >= 0.6 is 0 Å². The minimum Gasteiger partial charge on any atom is -0.311 e. The first-order chi connectivity index (χ1) is 6.09. The lowest BCUT2D eigenvalue weighted by Gasteiger charge is -2.16. The molecule has 2 heterocycles. The number of rotatable bonds is 0. The van der Waals surface area contributed by atoms with Gasteiger partial charge in [-0.25, -0.2) is 9.55 Å². The van der Waals surface area contributed by atoms with Gasteiger partial charge in [0.15, 0.2) is 0 Å². The van der Waals surface area contributed by atoms with E-state index in [4.69, 9.17) is 0 Å². The van der Waals surface area contributed by atoms with Crippen LogP contribution in [0, 0.1) is 0 Å². The van der Waals surface area contributed by atoms with Gasteiger partial charge in [-0.1, -0.05) is 0 Å². The van der Waals surface area contributed by atoms with Crippen molar-refractivity contribution in [2.45, 2.75) is 19.3 Å². The molecule has 1 aromatic heterocycles. The molecule has 1 N–H and O–H groups in total. The summed E-state index contributed by atoms with van der Waals surface area (Å²) < 4.78 is 37.2. The van der Waals surface area contributed by atoms with Gasteiger partial charge in [0.25, 0.3) is 0 Å². The standard InChI is InChI=1S/C7H8F3N3/c8-7(9,10)13-4-12-5-3-11-2-1-6(5)13/h4,11H,1-3H2. The number of halogens is 3. The van der Waals surface area contributed by atoms with Gasteiger partial charge >= 0.3 is 6.30 Å². The topological polar surface area (TPSA) is 29.9 Å². The van der Waals surface area contributed by atoms with Crippen molar-refractivity contribution >= 4 is 0 Å². The molecule has 0 fully saturated rings. The molecule has 1 aromatic rings. The lowest BCUT2D eigenvalue weighted by Crippen LogP contribution is -2.27. The maximum absolute atomic E-state index is 12.3. The highest BCUT2D eigenvalue weighted by Gasteiger charge is 2.34. The Morgan fingerprint density at radius 3 is 2.92 bits per heavy atom. The van der Waals surface area contributed by atoms with Gasteiger partial charge in [0.2, 0.25) is 0 Å². The van der Waals surface area contributed by atoms with E-state index < -0.39 is 6.30 Å². The smallest absolute Gasteiger partial charge is 0.311 e. The molecule has 0 unspecified atom stereocenters. The monoisotopic (exact) mass is 191 g/mol. The van der Waals surface area contributed by atoms with Gasteiger partial charge in [0.05, 0.1) is 11.4 Å². The summed E-state index contributed by atoms with van der Waals surface area (Å²) in [6.45, 7) is 1.01. The average molecular weight is 191 g/mol. The van der Waals surface area contributed by atoms with Crippen molar-refractivity contribution in [2.24, 2.45) is 0 Å². The molecule has 72 valence electrons. The van der Waals surface area contributed by atoms with E-state index in [0.29, 0.717) is 29.8 Å². The van der Waals surface area contributed by atoms with E-state index in [1.807, 2.05) is 0 Å². The summed E-state index contributed by atoms with van der Waals surface area (Å²) in [6.07, 6.45) is -3.11. The molecule has 0 atom stereocenters. The minimum atomic E-state index is -4.34. The van der Waals surface area contributed by atoms with Gasteiger partial charge in [0.1, 0.15) is 6.33 Å². The largest absolute Gasteiger partial charge is 0.489 e. The molecule has 0 saturated carbocycles. The number of hydrogen-bond acceptors (Lipinski definition) is 2. The fourth-order valence-electron chi connectivity index (χ4n) is 1.46. The van der Waals surface area contributed by atoms with Crippen LogP contribution in [0.2, 0.25) is 0 Å². The second-order valence-corrected chi connectivity index (χ2v) is 2.90. The third-order valence-electron chi connectivity index (χ3n) is 2.06. The number of nitrogens with one attached hydrogen (secondary N) is 1. The first kappa shape index (κ1) is 8.55. The average Bonchev–Trinajstić information content (AvgIpc) is 2.45. The number of alkyl halides is 3. The van der Waals surface area contributed by atoms with Crippen molar-refractivity contribution in [1.29, 1.82) is 0 Å². The van der Waals surface area contributed by atoms with Crippen LogP contribution in [0.1, 0.15) is 11.4 Å². The summed E-state index contributed by atoms with van der Waals surface area (Å²) in [7, 11) is 0. The minimum absolute atomic E-state index is 0.284. The van der Waals surface area contributed by atoms with Gasteiger partial charge in [-0.15, -0.1) is 13.2 Å². The molecular weight excluding hydrogens is 183 g/mol. The van der Waals surface area contributed by atoms with Crippen molar-refractivity contribution < 1.29 is 13.2 Å². The lowest BCUT2D eigenvalue weighted by atomic mass is 10.2. The van der Waals surface area contributed by atoms with E-state index in [2.05, 4.69) is 10.3 Å². The Labute approximate surface area is 72.6 Å². The summed E-state index contributed by atoms with van der Waals surface area (Å²) in [6, 6.07) is 0. The Bertz CT molecular complexity index is 315. The molecular formula is C7H8F3N3. The maximum atomic E-state index is 12.3. The second-order valence-electron chi connectivity index (χ2n) is 2.90. The van der Waals surface area contributed by atoms with E-state index in [9.17, 15) is 13.2 Å².